The van der Waals surface area contributed by atoms with Gasteiger partial charge in [-0.05, 0) is 24.3 Å². The van der Waals surface area contributed by atoms with Gasteiger partial charge in [0.05, 0.1) is 24.9 Å². The molecule has 21 heavy (non-hydrogen) atoms. The molecule has 1 N–H and O–H groups in total. The van der Waals surface area contributed by atoms with Crippen LogP contribution in [0.3, 0.4) is 0 Å². The van der Waals surface area contributed by atoms with Crippen molar-refractivity contribution in [2.75, 3.05) is 0 Å². The zero-order valence-corrected chi connectivity index (χ0v) is 12.0. The average molecular weight is 299 g/mol. The van der Waals surface area contributed by atoms with Crippen molar-refractivity contribution in [2.24, 2.45) is 0 Å². The van der Waals surface area contributed by atoms with Gasteiger partial charge in [-0.15, -0.1) is 11.3 Å². The van der Waals surface area contributed by atoms with Gasteiger partial charge in [0.15, 0.2) is 0 Å². The van der Waals surface area contributed by atoms with E-state index < -0.39 is 0 Å². The van der Waals surface area contributed by atoms with E-state index in [2.05, 4.69) is 15.3 Å². The summed E-state index contributed by atoms with van der Waals surface area (Å²) in [5, 5.41) is 5.57. The predicted octanol–water partition coefficient (Wildman–Crippen LogP) is 2.66. The van der Waals surface area contributed by atoms with Crippen molar-refractivity contribution in [3.8, 4) is 10.6 Å². The summed E-state index contributed by atoms with van der Waals surface area (Å²) in [6.45, 7) is 0.394. The van der Waals surface area contributed by atoms with E-state index in [4.69, 9.17) is 4.42 Å². The van der Waals surface area contributed by atoms with Crippen molar-refractivity contribution in [3.63, 3.8) is 0 Å². The third-order valence-corrected chi connectivity index (χ3v) is 3.78. The summed E-state index contributed by atoms with van der Waals surface area (Å²) in [5.74, 6) is 0.659. The molecule has 0 fully saturated rings. The second-order valence-electron chi connectivity index (χ2n) is 4.42. The highest BCUT2D eigenvalue weighted by molar-refractivity contribution is 7.13. The Kier molecular flexibility index (Phi) is 4.07. The predicted molar refractivity (Wildman–Crippen MR) is 79.6 cm³/mol. The summed E-state index contributed by atoms with van der Waals surface area (Å²) in [4.78, 5) is 20.4. The Balaban J connectivity index is 1.58. The van der Waals surface area contributed by atoms with Gasteiger partial charge in [-0.1, -0.05) is 0 Å². The van der Waals surface area contributed by atoms with Crippen LogP contribution in [0.4, 0.5) is 0 Å². The molecule has 6 heteroatoms. The van der Waals surface area contributed by atoms with Crippen LogP contribution in [0.25, 0.3) is 10.6 Å². The maximum atomic E-state index is 11.9. The first-order chi connectivity index (χ1) is 10.3. The maximum Gasteiger partial charge on any atom is 0.226 e. The van der Waals surface area contributed by atoms with Gasteiger partial charge in [-0.3, -0.25) is 9.78 Å². The highest BCUT2D eigenvalue weighted by atomic mass is 32.1. The Bertz CT molecular complexity index is 708. The number of rotatable bonds is 5. The summed E-state index contributed by atoms with van der Waals surface area (Å²) < 4.78 is 5.16. The van der Waals surface area contributed by atoms with Crippen LogP contribution in [0.15, 0.2) is 52.7 Å². The highest BCUT2D eigenvalue weighted by Gasteiger charge is 2.09. The van der Waals surface area contributed by atoms with Gasteiger partial charge in [0.2, 0.25) is 5.91 Å². The number of furan rings is 1. The lowest BCUT2D eigenvalue weighted by Crippen LogP contribution is -2.24. The van der Waals surface area contributed by atoms with Crippen LogP contribution >= 0.6 is 11.3 Å². The fraction of sp³-hybridized carbons (Fsp3) is 0.133. The van der Waals surface area contributed by atoms with Gasteiger partial charge < -0.3 is 9.73 Å². The van der Waals surface area contributed by atoms with E-state index in [0.29, 0.717) is 6.54 Å². The number of aromatic nitrogens is 2. The molecule has 3 heterocycles. The lowest BCUT2D eigenvalue weighted by Gasteiger charge is -2.01. The minimum atomic E-state index is -0.0746. The standard InChI is InChI=1S/C15H13N3O2S/c19-14(17-9-13-4-2-6-20-13)7-12-10-21-15(18-12)11-3-1-5-16-8-11/h1-6,8,10H,7,9H2,(H,17,19). The minimum Gasteiger partial charge on any atom is -0.467 e. The Hall–Kier alpha value is -2.47. The van der Waals surface area contributed by atoms with Crippen molar-refractivity contribution in [1.82, 2.24) is 15.3 Å². The number of pyridine rings is 1. The molecule has 0 unspecified atom stereocenters. The zero-order valence-electron chi connectivity index (χ0n) is 11.2. The lowest BCUT2D eigenvalue weighted by molar-refractivity contribution is -0.120. The Morgan fingerprint density at radius 1 is 1.33 bits per heavy atom. The van der Waals surface area contributed by atoms with Crippen LogP contribution in [0, 0.1) is 0 Å². The van der Waals surface area contributed by atoms with Crippen molar-refractivity contribution in [2.45, 2.75) is 13.0 Å². The third kappa shape index (κ3) is 3.55. The SMILES string of the molecule is O=C(Cc1csc(-c2cccnc2)n1)NCc1ccco1. The second kappa shape index (κ2) is 6.32. The van der Waals surface area contributed by atoms with E-state index in [1.165, 1.54) is 11.3 Å². The Labute approximate surface area is 125 Å². The first-order valence-corrected chi connectivity index (χ1v) is 7.33. The lowest BCUT2D eigenvalue weighted by atomic mass is 10.3. The number of nitrogens with one attached hydrogen (secondary N) is 1. The van der Waals surface area contributed by atoms with E-state index in [0.717, 1.165) is 22.0 Å². The molecule has 0 spiro atoms. The summed E-state index contributed by atoms with van der Waals surface area (Å²) >= 11 is 1.51. The number of carbonyl (C=O) groups is 1. The van der Waals surface area contributed by atoms with Gasteiger partial charge in [0.1, 0.15) is 10.8 Å². The molecule has 3 aromatic rings. The summed E-state index contributed by atoms with van der Waals surface area (Å²) in [6, 6.07) is 7.44. The van der Waals surface area contributed by atoms with Crippen molar-refractivity contribution in [3.05, 3.63) is 59.8 Å². The molecule has 0 aliphatic carbocycles. The van der Waals surface area contributed by atoms with Crippen LogP contribution in [0.1, 0.15) is 11.5 Å². The van der Waals surface area contributed by atoms with Crippen LogP contribution in [0.5, 0.6) is 0 Å². The maximum absolute atomic E-state index is 11.9. The summed E-state index contributed by atoms with van der Waals surface area (Å²) in [5.41, 5.74) is 1.72. The molecule has 5 nitrogen and oxygen atoms in total. The first-order valence-electron chi connectivity index (χ1n) is 6.45. The van der Waals surface area contributed by atoms with E-state index in [1.54, 1.807) is 24.7 Å². The second-order valence-corrected chi connectivity index (χ2v) is 5.28. The van der Waals surface area contributed by atoms with E-state index in [1.807, 2.05) is 23.6 Å². The number of amides is 1. The Morgan fingerprint density at radius 2 is 2.29 bits per heavy atom. The molecule has 0 aliphatic rings. The number of hydrogen-bond acceptors (Lipinski definition) is 5. The highest BCUT2D eigenvalue weighted by Crippen LogP contribution is 2.22. The first kappa shape index (κ1) is 13.5. The number of hydrogen-bond donors (Lipinski definition) is 1. The van der Waals surface area contributed by atoms with Crippen molar-refractivity contribution >= 4 is 17.2 Å². The van der Waals surface area contributed by atoms with E-state index in [9.17, 15) is 4.79 Å². The largest absolute Gasteiger partial charge is 0.467 e. The molecule has 0 saturated carbocycles. The molecular formula is C15H13N3O2S. The molecule has 1 amide bonds. The number of nitrogens with zero attached hydrogens (tertiary/aromatic N) is 2. The molecule has 0 aliphatic heterocycles. The summed E-state index contributed by atoms with van der Waals surface area (Å²) in [6.07, 6.45) is 5.33. The van der Waals surface area contributed by atoms with E-state index in [-0.39, 0.29) is 12.3 Å². The van der Waals surface area contributed by atoms with Crippen molar-refractivity contribution < 1.29 is 9.21 Å². The molecule has 0 aromatic carbocycles. The molecule has 0 bridgehead atoms. The molecule has 3 rings (SSSR count). The molecule has 0 radical (unpaired) electrons. The van der Waals surface area contributed by atoms with Gasteiger partial charge in [0, 0.05) is 23.3 Å². The van der Waals surface area contributed by atoms with Gasteiger partial charge in [-0.25, -0.2) is 4.98 Å². The van der Waals surface area contributed by atoms with Crippen LogP contribution < -0.4 is 5.32 Å². The molecule has 3 aromatic heterocycles. The van der Waals surface area contributed by atoms with Gasteiger partial charge in [-0.2, -0.15) is 0 Å². The zero-order chi connectivity index (χ0) is 14.5. The van der Waals surface area contributed by atoms with Crippen LogP contribution in [0.2, 0.25) is 0 Å². The van der Waals surface area contributed by atoms with Crippen LogP contribution in [-0.2, 0) is 17.8 Å². The fourth-order valence-electron chi connectivity index (χ4n) is 1.84. The smallest absolute Gasteiger partial charge is 0.226 e. The molecule has 0 atom stereocenters. The molecular weight excluding hydrogens is 286 g/mol. The van der Waals surface area contributed by atoms with E-state index >= 15 is 0 Å². The third-order valence-electron chi connectivity index (χ3n) is 2.84. The monoisotopic (exact) mass is 299 g/mol. The normalized spacial score (nSPS) is 10.5. The number of carbonyl (C=O) groups excluding carboxylic acids is 1. The minimum absolute atomic E-state index is 0.0746. The molecule has 106 valence electrons. The van der Waals surface area contributed by atoms with Gasteiger partial charge in [0.25, 0.3) is 0 Å². The average Bonchev–Trinajstić information content (AvgIpc) is 3.17. The topological polar surface area (TPSA) is 68.0 Å². The van der Waals surface area contributed by atoms with Crippen molar-refractivity contribution in [1.29, 1.82) is 0 Å². The van der Waals surface area contributed by atoms with Crippen LogP contribution in [-0.4, -0.2) is 15.9 Å². The quantitative estimate of drug-likeness (QED) is 0.786. The Morgan fingerprint density at radius 3 is 3.05 bits per heavy atom. The number of thiazole rings is 1. The molecule has 0 saturated heterocycles. The summed E-state index contributed by atoms with van der Waals surface area (Å²) in [7, 11) is 0. The van der Waals surface area contributed by atoms with Gasteiger partial charge >= 0.3 is 0 Å². The fourth-order valence-corrected chi connectivity index (χ4v) is 2.65.